The van der Waals surface area contributed by atoms with Gasteiger partial charge in [-0.2, -0.15) is 5.10 Å². The highest BCUT2D eigenvalue weighted by atomic mass is 16.5. The van der Waals surface area contributed by atoms with Crippen molar-refractivity contribution in [2.24, 2.45) is 0 Å². The molecule has 4 rings (SSSR count). The summed E-state index contributed by atoms with van der Waals surface area (Å²) >= 11 is 0. The van der Waals surface area contributed by atoms with Gasteiger partial charge in [0.25, 0.3) is 0 Å². The monoisotopic (exact) mass is 456 g/mol. The van der Waals surface area contributed by atoms with Gasteiger partial charge < -0.3 is 20.3 Å². The van der Waals surface area contributed by atoms with E-state index in [1.54, 1.807) is 39.5 Å². The van der Waals surface area contributed by atoms with Gasteiger partial charge in [0.15, 0.2) is 5.54 Å². The maximum Gasteiger partial charge on any atom is 0.331 e. The Bertz CT molecular complexity index is 1130. The first-order valence-corrected chi connectivity index (χ1v) is 11.3. The highest BCUT2D eigenvalue weighted by Crippen LogP contribution is 2.37. The number of hydrogen-bond donors (Lipinski definition) is 3. The zero-order chi connectivity index (χ0) is 23.8. The first-order valence-electron chi connectivity index (χ1n) is 11.3. The van der Waals surface area contributed by atoms with Crippen molar-refractivity contribution in [1.29, 1.82) is 0 Å². The third-order valence-electron chi connectivity index (χ3n) is 6.44. The number of carboxylic acid groups (broad SMARTS) is 1. The van der Waals surface area contributed by atoms with Gasteiger partial charge in [0.1, 0.15) is 0 Å². The summed E-state index contributed by atoms with van der Waals surface area (Å²) in [6, 6.07) is 2.15. The second-order valence-corrected chi connectivity index (χ2v) is 9.41. The first kappa shape index (κ1) is 23.2. The Hall–Kier alpha value is -2.98. The maximum absolute atomic E-state index is 11.7. The molecule has 0 bridgehead atoms. The quantitative estimate of drug-likeness (QED) is 0.472. The van der Waals surface area contributed by atoms with Gasteiger partial charge in [-0.15, -0.1) is 5.10 Å². The number of ether oxygens (including phenoxy) is 1. The summed E-state index contributed by atoms with van der Waals surface area (Å²) < 4.78 is 8.59. The summed E-state index contributed by atoms with van der Waals surface area (Å²) in [4.78, 5) is 16.2. The van der Waals surface area contributed by atoms with Gasteiger partial charge in [-0.1, -0.05) is 0 Å². The Morgan fingerprint density at radius 1 is 1.30 bits per heavy atom. The zero-order valence-electron chi connectivity index (χ0n) is 19.5. The van der Waals surface area contributed by atoms with Crippen LogP contribution >= 0.6 is 0 Å². The highest BCUT2D eigenvalue weighted by molar-refractivity contribution is 5.81. The summed E-state index contributed by atoms with van der Waals surface area (Å²) in [5.41, 5.74) is 2.43. The van der Waals surface area contributed by atoms with Crippen molar-refractivity contribution in [1.82, 2.24) is 24.4 Å². The highest BCUT2D eigenvalue weighted by Gasteiger charge is 2.31. The van der Waals surface area contributed by atoms with Crippen molar-refractivity contribution in [3.05, 3.63) is 30.4 Å². The summed E-state index contributed by atoms with van der Waals surface area (Å²) in [6.45, 7) is 5.76. The predicted octanol–water partition coefficient (Wildman–Crippen LogP) is 2.88. The van der Waals surface area contributed by atoms with Crippen LogP contribution < -0.4 is 5.32 Å². The Morgan fingerprint density at radius 2 is 2.03 bits per heavy atom. The molecule has 1 saturated carbocycles. The van der Waals surface area contributed by atoms with E-state index in [1.165, 1.54) is 4.68 Å². The van der Waals surface area contributed by atoms with Crippen LogP contribution in [-0.2, 0) is 15.1 Å². The molecule has 3 N–H and O–H groups in total. The minimum Gasteiger partial charge on any atom is -0.479 e. The molecule has 178 valence electrons. The van der Waals surface area contributed by atoms with Crippen LogP contribution in [0.5, 0.6) is 0 Å². The van der Waals surface area contributed by atoms with Crippen molar-refractivity contribution in [2.45, 2.75) is 70.1 Å². The minimum absolute atomic E-state index is 0.0484. The lowest BCUT2D eigenvalue weighted by Crippen LogP contribution is -2.35. The predicted molar refractivity (Wildman–Crippen MR) is 123 cm³/mol. The van der Waals surface area contributed by atoms with Gasteiger partial charge in [-0.3, -0.25) is 4.68 Å². The SMILES string of the molecule is COCC(C)Nc1ncc2c(-c3cnn(C(C)(C)C(=O)O)c3)cc(C3CCC(O)CC3)n2n1. The number of rotatable bonds is 8. The van der Waals surface area contributed by atoms with Crippen molar-refractivity contribution in [3.63, 3.8) is 0 Å². The summed E-state index contributed by atoms with van der Waals surface area (Å²) in [6.07, 6.45) is 8.26. The van der Waals surface area contributed by atoms with Crippen LogP contribution in [0, 0.1) is 0 Å². The van der Waals surface area contributed by atoms with Gasteiger partial charge in [0, 0.05) is 42.1 Å². The molecule has 3 aromatic heterocycles. The number of aromatic nitrogens is 5. The molecule has 0 radical (unpaired) electrons. The number of nitrogens with one attached hydrogen (secondary N) is 1. The second kappa shape index (κ2) is 9.11. The minimum atomic E-state index is -1.17. The average Bonchev–Trinajstić information content (AvgIpc) is 3.40. The van der Waals surface area contributed by atoms with Crippen molar-refractivity contribution in [3.8, 4) is 11.1 Å². The van der Waals surface area contributed by atoms with E-state index in [4.69, 9.17) is 9.84 Å². The topological polar surface area (TPSA) is 127 Å². The van der Waals surface area contributed by atoms with E-state index < -0.39 is 11.5 Å². The number of hydrogen-bond acceptors (Lipinski definition) is 7. The van der Waals surface area contributed by atoms with E-state index in [-0.39, 0.29) is 18.1 Å². The molecule has 1 unspecified atom stereocenters. The number of aliphatic carboxylic acids is 1. The zero-order valence-corrected chi connectivity index (χ0v) is 19.5. The van der Waals surface area contributed by atoms with Crippen LogP contribution in [0.15, 0.2) is 24.7 Å². The summed E-state index contributed by atoms with van der Waals surface area (Å²) in [5.74, 6) is -0.183. The number of anilines is 1. The molecule has 1 atom stereocenters. The third kappa shape index (κ3) is 4.58. The summed E-state index contributed by atoms with van der Waals surface area (Å²) in [5, 5.41) is 31.9. The lowest BCUT2D eigenvalue weighted by atomic mass is 9.85. The molecule has 0 aromatic carbocycles. The van der Waals surface area contributed by atoms with Gasteiger partial charge >= 0.3 is 5.97 Å². The second-order valence-electron chi connectivity index (χ2n) is 9.41. The molecule has 1 aliphatic rings. The van der Waals surface area contributed by atoms with E-state index in [0.717, 1.165) is 48.0 Å². The summed E-state index contributed by atoms with van der Waals surface area (Å²) in [7, 11) is 1.65. The van der Waals surface area contributed by atoms with E-state index in [0.29, 0.717) is 12.6 Å². The maximum atomic E-state index is 11.7. The molecule has 0 amide bonds. The molecule has 0 spiro atoms. The number of aliphatic hydroxyl groups excluding tert-OH is 1. The van der Waals surface area contributed by atoms with Crippen LogP contribution in [-0.4, -0.2) is 66.4 Å². The largest absolute Gasteiger partial charge is 0.479 e. The lowest BCUT2D eigenvalue weighted by molar-refractivity contribution is -0.146. The molecule has 1 aliphatic carbocycles. The Morgan fingerprint density at radius 3 is 2.70 bits per heavy atom. The van der Waals surface area contributed by atoms with Crippen LogP contribution in [0.1, 0.15) is 58.1 Å². The molecule has 33 heavy (non-hydrogen) atoms. The van der Waals surface area contributed by atoms with Crippen LogP contribution in [0.3, 0.4) is 0 Å². The average molecular weight is 457 g/mol. The van der Waals surface area contributed by atoms with Gasteiger partial charge in [0.05, 0.1) is 30.6 Å². The van der Waals surface area contributed by atoms with Gasteiger partial charge in [-0.05, 0) is 52.5 Å². The van der Waals surface area contributed by atoms with E-state index >= 15 is 0 Å². The fourth-order valence-electron chi connectivity index (χ4n) is 4.35. The number of fused-ring (bicyclic) bond motifs is 1. The molecular weight excluding hydrogens is 424 g/mol. The fourth-order valence-corrected chi connectivity index (χ4v) is 4.35. The molecular formula is C23H32N6O4. The third-order valence-corrected chi connectivity index (χ3v) is 6.44. The Balaban J connectivity index is 1.77. The Labute approximate surface area is 192 Å². The smallest absolute Gasteiger partial charge is 0.331 e. The molecule has 3 aromatic rings. The molecule has 10 heteroatoms. The van der Waals surface area contributed by atoms with Gasteiger partial charge in [-0.25, -0.2) is 14.3 Å². The van der Waals surface area contributed by atoms with Crippen molar-refractivity contribution < 1.29 is 19.7 Å². The van der Waals surface area contributed by atoms with E-state index in [1.807, 2.05) is 11.4 Å². The number of methoxy groups -OCH3 is 1. The number of aliphatic hydroxyl groups is 1. The standard InChI is InChI=1S/C23H32N6O4/c1-14(13-33-4)26-22-24-11-20-18(16-10-25-28(12-16)23(2,3)21(31)32)9-19(29(20)27-22)15-5-7-17(30)8-6-15/h9-12,14-15,17,30H,5-8,13H2,1-4H3,(H,26,27)(H,31,32). The molecule has 0 aliphatic heterocycles. The molecule has 10 nitrogen and oxygen atoms in total. The van der Waals surface area contributed by atoms with Crippen LogP contribution in [0.25, 0.3) is 16.6 Å². The number of nitrogens with zero attached hydrogens (tertiary/aromatic N) is 5. The van der Waals surface area contributed by atoms with E-state index in [2.05, 4.69) is 21.5 Å². The van der Waals surface area contributed by atoms with Crippen molar-refractivity contribution in [2.75, 3.05) is 19.0 Å². The Kier molecular flexibility index (Phi) is 6.40. The van der Waals surface area contributed by atoms with Gasteiger partial charge in [0.2, 0.25) is 5.95 Å². The number of carboxylic acids is 1. The number of carbonyl (C=O) groups is 1. The van der Waals surface area contributed by atoms with E-state index in [9.17, 15) is 15.0 Å². The van der Waals surface area contributed by atoms with Crippen LogP contribution in [0.2, 0.25) is 0 Å². The van der Waals surface area contributed by atoms with Crippen LogP contribution in [0.4, 0.5) is 5.95 Å². The molecule has 1 fully saturated rings. The normalized spacial score (nSPS) is 20.2. The molecule has 0 saturated heterocycles. The first-order chi connectivity index (χ1) is 15.7. The molecule has 3 heterocycles. The fraction of sp³-hybridized carbons (Fsp3) is 0.565. The lowest BCUT2D eigenvalue weighted by Gasteiger charge is -2.25. The van der Waals surface area contributed by atoms with Crippen molar-refractivity contribution >= 4 is 17.4 Å².